The van der Waals surface area contributed by atoms with Crippen LogP contribution in [0.3, 0.4) is 0 Å². The van der Waals surface area contributed by atoms with E-state index in [1.54, 1.807) is 12.4 Å². The maximum atomic E-state index is 9.82. The molecule has 66 valence electrons. The molecule has 3 heteroatoms. The number of hydrogen-bond acceptors (Lipinski definition) is 2. The van der Waals surface area contributed by atoms with Crippen LogP contribution in [-0.4, -0.2) is 15.3 Å². The molecule has 0 radical (unpaired) electrons. The second kappa shape index (κ2) is 3.41. The van der Waals surface area contributed by atoms with Gasteiger partial charge < -0.3 is 5.11 Å². The molecule has 0 amide bonds. The van der Waals surface area contributed by atoms with Crippen molar-refractivity contribution in [3.63, 3.8) is 0 Å². The molecule has 1 aromatic heterocycles. The molecule has 1 heterocycles. The van der Waals surface area contributed by atoms with Crippen LogP contribution in [0.2, 0.25) is 0 Å². The Bertz CT molecular complexity index is 356. The number of aromatic nitrogens is 2. The van der Waals surface area contributed by atoms with E-state index in [1.807, 2.05) is 30.3 Å². The summed E-state index contributed by atoms with van der Waals surface area (Å²) in [4.78, 5) is 0. The van der Waals surface area contributed by atoms with Gasteiger partial charge in [0, 0.05) is 11.8 Å². The summed E-state index contributed by atoms with van der Waals surface area (Å²) in [7, 11) is 0. The van der Waals surface area contributed by atoms with Crippen LogP contribution in [-0.2, 0) is 0 Å². The number of rotatable bonds is 2. The summed E-state index contributed by atoms with van der Waals surface area (Å²) < 4.78 is 0. The lowest BCUT2D eigenvalue weighted by atomic mass is 10.1. The summed E-state index contributed by atoms with van der Waals surface area (Å²) in [6.45, 7) is 0. The molecule has 0 saturated heterocycles. The van der Waals surface area contributed by atoms with Crippen LogP contribution in [0.25, 0.3) is 0 Å². The van der Waals surface area contributed by atoms with E-state index in [9.17, 15) is 5.11 Å². The first-order valence-corrected chi connectivity index (χ1v) is 4.09. The van der Waals surface area contributed by atoms with Gasteiger partial charge in [-0.15, -0.1) is 0 Å². The summed E-state index contributed by atoms with van der Waals surface area (Å²) in [6, 6.07) is 9.50. The van der Waals surface area contributed by atoms with E-state index in [0.29, 0.717) is 0 Å². The number of benzene rings is 1. The highest BCUT2D eigenvalue weighted by Gasteiger charge is 2.09. The van der Waals surface area contributed by atoms with Gasteiger partial charge in [-0.2, -0.15) is 5.10 Å². The predicted molar refractivity (Wildman–Crippen MR) is 49.1 cm³/mol. The Morgan fingerprint density at radius 3 is 2.54 bits per heavy atom. The molecule has 0 spiro atoms. The highest BCUT2D eigenvalue weighted by molar-refractivity contribution is 5.26. The van der Waals surface area contributed by atoms with Gasteiger partial charge >= 0.3 is 0 Å². The number of hydrogen-bond donors (Lipinski definition) is 2. The van der Waals surface area contributed by atoms with Crippen LogP contribution in [0, 0.1) is 0 Å². The molecule has 0 aliphatic heterocycles. The molecule has 2 N–H and O–H groups in total. The Kier molecular flexibility index (Phi) is 2.10. The highest BCUT2D eigenvalue weighted by Crippen LogP contribution is 2.19. The zero-order valence-corrected chi connectivity index (χ0v) is 7.01. The van der Waals surface area contributed by atoms with Crippen LogP contribution >= 0.6 is 0 Å². The van der Waals surface area contributed by atoms with E-state index < -0.39 is 6.10 Å². The molecular formula is C10H10N2O. The maximum Gasteiger partial charge on any atom is 0.107 e. The number of nitrogens with zero attached hydrogens (tertiary/aromatic N) is 1. The Morgan fingerprint density at radius 1 is 1.15 bits per heavy atom. The van der Waals surface area contributed by atoms with Crippen LogP contribution in [0.5, 0.6) is 0 Å². The number of H-pyrrole nitrogens is 1. The molecule has 0 bridgehead atoms. The molecule has 13 heavy (non-hydrogen) atoms. The smallest absolute Gasteiger partial charge is 0.107 e. The van der Waals surface area contributed by atoms with Crippen LogP contribution < -0.4 is 0 Å². The van der Waals surface area contributed by atoms with Gasteiger partial charge in [-0.25, -0.2) is 0 Å². The van der Waals surface area contributed by atoms with Gasteiger partial charge in [-0.05, 0) is 5.56 Å². The largest absolute Gasteiger partial charge is 0.384 e. The van der Waals surface area contributed by atoms with Crippen molar-refractivity contribution in [1.29, 1.82) is 0 Å². The summed E-state index contributed by atoms with van der Waals surface area (Å²) >= 11 is 0. The SMILES string of the molecule is O[C@@H](c1ccccc1)c1cn[nH]c1. The van der Waals surface area contributed by atoms with Crippen molar-refractivity contribution < 1.29 is 5.11 Å². The third kappa shape index (κ3) is 1.60. The molecule has 0 saturated carbocycles. The first-order chi connectivity index (χ1) is 6.38. The van der Waals surface area contributed by atoms with Crippen molar-refractivity contribution in [3.8, 4) is 0 Å². The zero-order chi connectivity index (χ0) is 9.10. The van der Waals surface area contributed by atoms with Crippen molar-refractivity contribution in [2.45, 2.75) is 6.10 Å². The van der Waals surface area contributed by atoms with Crippen LogP contribution in [0.1, 0.15) is 17.2 Å². The Morgan fingerprint density at radius 2 is 1.92 bits per heavy atom. The number of aromatic amines is 1. The molecule has 0 aliphatic rings. The summed E-state index contributed by atoms with van der Waals surface area (Å²) in [5.41, 5.74) is 1.66. The Labute approximate surface area is 76.0 Å². The van der Waals surface area contributed by atoms with E-state index in [1.165, 1.54) is 0 Å². The van der Waals surface area contributed by atoms with Crippen molar-refractivity contribution in [3.05, 3.63) is 53.9 Å². The number of nitrogens with one attached hydrogen (secondary N) is 1. The van der Waals surface area contributed by atoms with E-state index in [-0.39, 0.29) is 0 Å². The van der Waals surface area contributed by atoms with Gasteiger partial charge in [0.15, 0.2) is 0 Å². The summed E-state index contributed by atoms with van der Waals surface area (Å²) in [5, 5.41) is 16.3. The lowest BCUT2D eigenvalue weighted by Crippen LogP contribution is -1.96. The predicted octanol–water partition coefficient (Wildman–Crippen LogP) is 1.49. The minimum absolute atomic E-state index is 0.583. The minimum atomic E-state index is -0.583. The monoisotopic (exact) mass is 174 g/mol. The topological polar surface area (TPSA) is 48.9 Å². The first-order valence-electron chi connectivity index (χ1n) is 4.09. The first kappa shape index (κ1) is 8.01. The Balaban J connectivity index is 2.29. The van der Waals surface area contributed by atoms with Gasteiger partial charge in [0.05, 0.1) is 6.20 Å². The molecule has 0 fully saturated rings. The summed E-state index contributed by atoms with van der Waals surface area (Å²) in [6.07, 6.45) is 2.73. The quantitative estimate of drug-likeness (QED) is 0.724. The number of aliphatic hydroxyl groups is 1. The maximum absolute atomic E-state index is 9.82. The fourth-order valence-corrected chi connectivity index (χ4v) is 1.24. The molecule has 2 aromatic rings. The molecule has 2 rings (SSSR count). The Hall–Kier alpha value is -1.61. The molecule has 1 aromatic carbocycles. The van der Waals surface area contributed by atoms with E-state index in [0.717, 1.165) is 11.1 Å². The zero-order valence-electron chi connectivity index (χ0n) is 7.01. The van der Waals surface area contributed by atoms with E-state index >= 15 is 0 Å². The van der Waals surface area contributed by atoms with Crippen molar-refractivity contribution in [1.82, 2.24) is 10.2 Å². The van der Waals surface area contributed by atoms with Gasteiger partial charge in [0.1, 0.15) is 6.10 Å². The van der Waals surface area contributed by atoms with E-state index in [2.05, 4.69) is 10.2 Å². The molecule has 0 aliphatic carbocycles. The van der Waals surface area contributed by atoms with Gasteiger partial charge in [0.25, 0.3) is 0 Å². The fourth-order valence-electron chi connectivity index (χ4n) is 1.24. The van der Waals surface area contributed by atoms with Crippen molar-refractivity contribution >= 4 is 0 Å². The van der Waals surface area contributed by atoms with Gasteiger partial charge in [0.2, 0.25) is 0 Å². The molecule has 1 atom stereocenters. The fraction of sp³-hybridized carbons (Fsp3) is 0.100. The van der Waals surface area contributed by atoms with Gasteiger partial charge in [-0.1, -0.05) is 30.3 Å². The normalized spacial score (nSPS) is 12.7. The molecular weight excluding hydrogens is 164 g/mol. The third-order valence-corrected chi connectivity index (χ3v) is 1.95. The van der Waals surface area contributed by atoms with Crippen molar-refractivity contribution in [2.24, 2.45) is 0 Å². The second-order valence-corrected chi connectivity index (χ2v) is 2.84. The van der Waals surface area contributed by atoms with Gasteiger partial charge in [-0.3, -0.25) is 5.10 Å². The average Bonchev–Trinajstić information content (AvgIpc) is 2.71. The third-order valence-electron chi connectivity index (χ3n) is 1.95. The number of aliphatic hydroxyl groups excluding tert-OH is 1. The lowest BCUT2D eigenvalue weighted by Gasteiger charge is -2.07. The molecule has 0 unspecified atom stereocenters. The van der Waals surface area contributed by atoms with Crippen LogP contribution in [0.4, 0.5) is 0 Å². The summed E-state index contributed by atoms with van der Waals surface area (Å²) in [5.74, 6) is 0. The minimum Gasteiger partial charge on any atom is -0.384 e. The highest BCUT2D eigenvalue weighted by atomic mass is 16.3. The van der Waals surface area contributed by atoms with Crippen LogP contribution in [0.15, 0.2) is 42.7 Å². The second-order valence-electron chi connectivity index (χ2n) is 2.84. The lowest BCUT2D eigenvalue weighted by molar-refractivity contribution is 0.220. The standard InChI is InChI=1S/C10H10N2O/c13-10(9-6-11-12-7-9)8-4-2-1-3-5-8/h1-7,10,13H,(H,11,12)/t10-/m0/s1. The van der Waals surface area contributed by atoms with E-state index in [4.69, 9.17) is 0 Å². The van der Waals surface area contributed by atoms with Crippen molar-refractivity contribution in [2.75, 3.05) is 0 Å². The molecule has 3 nitrogen and oxygen atoms in total. The average molecular weight is 174 g/mol.